The minimum Gasteiger partial charge on any atom is -0.478 e. The average Bonchev–Trinajstić information content (AvgIpc) is 2.37. The van der Waals surface area contributed by atoms with Crippen LogP contribution < -0.4 is 4.72 Å². The van der Waals surface area contributed by atoms with Crippen molar-refractivity contribution in [1.29, 1.82) is 0 Å². The molecule has 1 rings (SSSR count). The highest BCUT2D eigenvalue weighted by atomic mass is 32.2. The van der Waals surface area contributed by atoms with E-state index in [2.05, 4.69) is 4.72 Å². The van der Waals surface area contributed by atoms with Gasteiger partial charge in [0, 0.05) is 6.54 Å². The van der Waals surface area contributed by atoms with Crippen LogP contribution in [-0.4, -0.2) is 38.7 Å². The molecule has 0 spiro atoms. The van der Waals surface area contributed by atoms with Gasteiger partial charge in [-0.15, -0.1) is 0 Å². The number of sulfonamides is 1. The molecular weight excluding hydrogens is 294 g/mol. The highest BCUT2D eigenvalue weighted by Gasteiger charge is 2.20. The van der Waals surface area contributed by atoms with Gasteiger partial charge in [0.15, 0.2) is 0 Å². The van der Waals surface area contributed by atoms with Crippen LogP contribution in [0.5, 0.6) is 0 Å². The molecule has 0 aliphatic carbocycles. The second-order valence-electron chi connectivity index (χ2n) is 5.04. The number of carbonyl (C=O) groups is 1. The Bertz CT molecular complexity index is 622. The van der Waals surface area contributed by atoms with Crippen LogP contribution in [0.2, 0.25) is 0 Å². The van der Waals surface area contributed by atoms with Gasteiger partial charge in [-0.25, -0.2) is 17.9 Å². The molecule has 0 aromatic heterocycles. The van der Waals surface area contributed by atoms with Crippen molar-refractivity contribution in [2.45, 2.75) is 38.7 Å². The molecule has 0 atom stereocenters. The van der Waals surface area contributed by atoms with E-state index in [1.54, 1.807) is 13.8 Å². The summed E-state index contributed by atoms with van der Waals surface area (Å²) < 4.78 is 32.2. The Labute approximate surface area is 125 Å². The van der Waals surface area contributed by atoms with Crippen LogP contribution in [0.3, 0.4) is 0 Å². The minimum absolute atomic E-state index is 0.00977. The van der Waals surface area contributed by atoms with E-state index in [4.69, 9.17) is 9.84 Å². The van der Waals surface area contributed by atoms with E-state index in [1.807, 2.05) is 13.8 Å². The summed E-state index contributed by atoms with van der Waals surface area (Å²) in [6, 6.07) is 2.63. The molecule has 2 N–H and O–H groups in total. The number of ether oxygens (including phenoxy) is 1. The van der Waals surface area contributed by atoms with Crippen LogP contribution >= 0.6 is 0 Å². The summed E-state index contributed by atoms with van der Waals surface area (Å²) in [6.07, 6.45) is 0.0221. The number of aromatic carboxylic acids is 1. The maximum absolute atomic E-state index is 12.3. The fourth-order valence-electron chi connectivity index (χ4n) is 1.78. The van der Waals surface area contributed by atoms with Gasteiger partial charge in [0.25, 0.3) is 0 Å². The molecule has 0 aliphatic heterocycles. The predicted molar refractivity (Wildman–Crippen MR) is 79.2 cm³/mol. The van der Waals surface area contributed by atoms with Gasteiger partial charge in [0.2, 0.25) is 10.0 Å². The quantitative estimate of drug-likeness (QED) is 0.747. The first-order chi connectivity index (χ1) is 9.65. The monoisotopic (exact) mass is 315 g/mol. The van der Waals surface area contributed by atoms with Crippen molar-refractivity contribution in [2.75, 3.05) is 13.2 Å². The zero-order valence-electron chi connectivity index (χ0n) is 12.6. The molecule has 0 aliphatic rings. The Morgan fingerprint density at radius 2 is 1.95 bits per heavy atom. The molecule has 1 aromatic carbocycles. The van der Waals surface area contributed by atoms with Gasteiger partial charge in [-0.1, -0.05) is 0 Å². The number of rotatable bonds is 7. The Kier molecular flexibility index (Phi) is 5.88. The fourth-order valence-corrected chi connectivity index (χ4v) is 3.13. The normalized spacial score (nSPS) is 11.9. The van der Waals surface area contributed by atoms with Crippen LogP contribution in [0.4, 0.5) is 0 Å². The minimum atomic E-state index is -3.76. The van der Waals surface area contributed by atoms with Gasteiger partial charge in [0.1, 0.15) is 0 Å². The third-order valence-corrected chi connectivity index (χ3v) is 4.59. The molecule has 0 fully saturated rings. The summed E-state index contributed by atoms with van der Waals surface area (Å²) in [4.78, 5) is 11.0. The third-order valence-electron chi connectivity index (χ3n) is 3.00. The molecule has 118 valence electrons. The number of benzene rings is 1. The highest BCUT2D eigenvalue weighted by molar-refractivity contribution is 7.89. The van der Waals surface area contributed by atoms with Gasteiger partial charge in [-0.3, -0.25) is 0 Å². The molecule has 0 amide bonds. The molecule has 6 nitrogen and oxygen atoms in total. The van der Waals surface area contributed by atoms with Crippen LogP contribution in [-0.2, 0) is 14.8 Å². The zero-order valence-corrected chi connectivity index (χ0v) is 13.5. The maximum atomic E-state index is 12.3. The number of hydrogen-bond acceptors (Lipinski definition) is 4. The summed E-state index contributed by atoms with van der Waals surface area (Å²) in [5.74, 6) is -1.15. The molecule has 1 aromatic rings. The first kappa shape index (κ1) is 17.6. The Balaban J connectivity index is 2.99. The standard InChI is InChI=1S/C14H21NO5S/c1-9(2)20-6-5-15-21(18,19)13-8-12(14(16)17)7-10(3)11(13)4/h7-9,15H,5-6H2,1-4H3,(H,16,17). The Morgan fingerprint density at radius 1 is 1.33 bits per heavy atom. The van der Waals surface area contributed by atoms with Crippen molar-refractivity contribution in [1.82, 2.24) is 4.72 Å². The third kappa shape index (κ3) is 4.80. The predicted octanol–water partition coefficient (Wildman–Crippen LogP) is 1.70. The van der Waals surface area contributed by atoms with E-state index in [-0.39, 0.29) is 29.7 Å². The lowest BCUT2D eigenvalue weighted by atomic mass is 10.1. The molecule has 0 unspecified atom stereocenters. The fraction of sp³-hybridized carbons (Fsp3) is 0.500. The Hall–Kier alpha value is -1.44. The summed E-state index contributed by atoms with van der Waals surface area (Å²) in [7, 11) is -3.76. The smallest absolute Gasteiger partial charge is 0.335 e. The van der Waals surface area contributed by atoms with Crippen molar-refractivity contribution in [2.24, 2.45) is 0 Å². The Morgan fingerprint density at radius 3 is 2.48 bits per heavy atom. The van der Waals surface area contributed by atoms with Crippen LogP contribution in [0.1, 0.15) is 35.3 Å². The first-order valence-electron chi connectivity index (χ1n) is 6.61. The highest BCUT2D eigenvalue weighted by Crippen LogP contribution is 2.21. The number of nitrogens with one attached hydrogen (secondary N) is 1. The summed E-state index contributed by atoms with van der Waals surface area (Å²) >= 11 is 0. The summed E-state index contributed by atoms with van der Waals surface area (Å²) in [5, 5.41) is 9.03. The molecule has 7 heteroatoms. The van der Waals surface area contributed by atoms with Crippen LogP contribution in [0, 0.1) is 13.8 Å². The van der Waals surface area contributed by atoms with E-state index >= 15 is 0 Å². The van der Waals surface area contributed by atoms with E-state index < -0.39 is 16.0 Å². The number of carboxylic acid groups (broad SMARTS) is 1. The summed E-state index contributed by atoms with van der Waals surface area (Å²) in [5.41, 5.74) is 1.11. The van der Waals surface area contributed by atoms with E-state index in [9.17, 15) is 13.2 Å². The molecule has 0 radical (unpaired) electrons. The van der Waals surface area contributed by atoms with Crippen molar-refractivity contribution >= 4 is 16.0 Å². The van der Waals surface area contributed by atoms with Crippen molar-refractivity contribution in [3.05, 3.63) is 28.8 Å². The topological polar surface area (TPSA) is 92.7 Å². The number of aryl methyl sites for hydroxylation is 1. The largest absolute Gasteiger partial charge is 0.478 e. The molecule has 0 saturated carbocycles. The zero-order chi connectivity index (χ0) is 16.2. The van der Waals surface area contributed by atoms with Crippen molar-refractivity contribution in [3.8, 4) is 0 Å². The first-order valence-corrected chi connectivity index (χ1v) is 8.09. The molecule has 0 saturated heterocycles. The van der Waals surface area contributed by atoms with E-state index in [0.29, 0.717) is 11.1 Å². The van der Waals surface area contributed by atoms with E-state index in [0.717, 1.165) is 0 Å². The average molecular weight is 315 g/mol. The van der Waals surface area contributed by atoms with E-state index in [1.165, 1.54) is 12.1 Å². The summed E-state index contributed by atoms with van der Waals surface area (Å²) in [6.45, 7) is 7.45. The van der Waals surface area contributed by atoms with Gasteiger partial charge < -0.3 is 9.84 Å². The SMILES string of the molecule is Cc1cc(C(=O)O)cc(S(=O)(=O)NCCOC(C)C)c1C. The van der Waals surface area contributed by atoms with Gasteiger partial charge in [0.05, 0.1) is 23.2 Å². The molecule has 0 bridgehead atoms. The van der Waals surface area contributed by atoms with Gasteiger partial charge in [-0.2, -0.15) is 0 Å². The van der Waals surface area contributed by atoms with Crippen LogP contribution in [0.25, 0.3) is 0 Å². The molecular formula is C14H21NO5S. The molecule has 21 heavy (non-hydrogen) atoms. The maximum Gasteiger partial charge on any atom is 0.335 e. The lowest BCUT2D eigenvalue weighted by Crippen LogP contribution is -2.29. The van der Waals surface area contributed by atoms with Crippen molar-refractivity contribution < 1.29 is 23.1 Å². The van der Waals surface area contributed by atoms with Crippen molar-refractivity contribution in [3.63, 3.8) is 0 Å². The van der Waals surface area contributed by atoms with Gasteiger partial charge >= 0.3 is 5.97 Å². The number of carboxylic acids is 1. The number of hydrogen-bond donors (Lipinski definition) is 2. The van der Waals surface area contributed by atoms with Crippen LogP contribution in [0.15, 0.2) is 17.0 Å². The molecule has 0 heterocycles. The lowest BCUT2D eigenvalue weighted by molar-refractivity contribution is 0.0696. The lowest BCUT2D eigenvalue weighted by Gasteiger charge is -2.13. The van der Waals surface area contributed by atoms with Gasteiger partial charge in [-0.05, 0) is 51.0 Å². The second-order valence-corrected chi connectivity index (χ2v) is 6.77. The second kappa shape index (κ2) is 7.02.